The first kappa shape index (κ1) is 18.5. The molecule has 0 unspecified atom stereocenters. The van der Waals surface area contributed by atoms with Gasteiger partial charge in [0.1, 0.15) is 0 Å². The molecule has 0 spiro atoms. The molecule has 2 heterocycles. The number of carbonyl (C=O) groups excluding carboxylic acids is 3. The molecule has 2 aliphatic rings. The van der Waals surface area contributed by atoms with Crippen molar-refractivity contribution < 1.29 is 14.4 Å². The fraction of sp³-hybridized carbons (Fsp3) is 0.526. The molecule has 1 saturated heterocycles. The molecule has 7 nitrogen and oxygen atoms in total. The second-order valence-corrected chi connectivity index (χ2v) is 7.00. The highest BCUT2D eigenvalue weighted by Crippen LogP contribution is 2.22. The van der Waals surface area contributed by atoms with E-state index in [1.165, 1.54) is 4.90 Å². The SMILES string of the molecule is CC[C@H](C)NC(=O)CN1CCN(CN2C(=O)c3ccccc3C2=O)CC1. The Balaban J connectivity index is 1.49. The van der Waals surface area contributed by atoms with Gasteiger partial charge in [-0.1, -0.05) is 19.1 Å². The number of piperazine rings is 1. The smallest absolute Gasteiger partial charge is 0.262 e. The lowest BCUT2D eigenvalue weighted by Gasteiger charge is -2.35. The van der Waals surface area contributed by atoms with Gasteiger partial charge in [-0.2, -0.15) is 0 Å². The number of hydrogen-bond donors (Lipinski definition) is 1. The molecule has 0 aromatic heterocycles. The molecule has 26 heavy (non-hydrogen) atoms. The molecule has 2 aliphatic heterocycles. The summed E-state index contributed by atoms with van der Waals surface area (Å²) in [6, 6.07) is 7.14. The highest BCUT2D eigenvalue weighted by molar-refractivity contribution is 6.21. The van der Waals surface area contributed by atoms with Gasteiger partial charge in [-0.25, -0.2) is 0 Å². The van der Waals surface area contributed by atoms with Crippen LogP contribution in [0.1, 0.15) is 41.0 Å². The lowest BCUT2D eigenvalue weighted by Crippen LogP contribution is -2.53. The Morgan fingerprint density at radius 3 is 2.12 bits per heavy atom. The molecular formula is C19H26N4O3. The number of nitrogens with zero attached hydrogens (tertiary/aromatic N) is 3. The number of rotatable bonds is 6. The van der Waals surface area contributed by atoms with Crippen molar-refractivity contribution in [2.75, 3.05) is 39.4 Å². The largest absolute Gasteiger partial charge is 0.353 e. The van der Waals surface area contributed by atoms with Gasteiger partial charge in [0.05, 0.1) is 24.3 Å². The fourth-order valence-corrected chi connectivity index (χ4v) is 3.28. The van der Waals surface area contributed by atoms with Crippen molar-refractivity contribution in [3.63, 3.8) is 0 Å². The minimum Gasteiger partial charge on any atom is -0.353 e. The summed E-state index contributed by atoms with van der Waals surface area (Å²) >= 11 is 0. The fourth-order valence-electron chi connectivity index (χ4n) is 3.28. The van der Waals surface area contributed by atoms with Crippen LogP contribution < -0.4 is 5.32 Å². The number of benzene rings is 1. The van der Waals surface area contributed by atoms with Gasteiger partial charge >= 0.3 is 0 Å². The maximum Gasteiger partial charge on any atom is 0.262 e. The van der Waals surface area contributed by atoms with E-state index in [1.54, 1.807) is 24.3 Å². The van der Waals surface area contributed by atoms with Gasteiger partial charge in [0.2, 0.25) is 5.91 Å². The summed E-state index contributed by atoms with van der Waals surface area (Å²) < 4.78 is 0. The van der Waals surface area contributed by atoms with E-state index in [1.807, 2.05) is 13.8 Å². The van der Waals surface area contributed by atoms with E-state index in [9.17, 15) is 14.4 Å². The second-order valence-electron chi connectivity index (χ2n) is 7.00. The van der Waals surface area contributed by atoms with Crippen LogP contribution >= 0.6 is 0 Å². The van der Waals surface area contributed by atoms with Crippen molar-refractivity contribution in [1.29, 1.82) is 0 Å². The van der Waals surface area contributed by atoms with Crippen LogP contribution in [-0.2, 0) is 4.79 Å². The highest BCUT2D eigenvalue weighted by Gasteiger charge is 2.36. The molecular weight excluding hydrogens is 332 g/mol. The van der Waals surface area contributed by atoms with E-state index < -0.39 is 0 Å². The number of fused-ring (bicyclic) bond motifs is 1. The lowest BCUT2D eigenvalue weighted by molar-refractivity contribution is -0.123. The number of hydrogen-bond acceptors (Lipinski definition) is 5. The van der Waals surface area contributed by atoms with E-state index in [0.717, 1.165) is 32.6 Å². The molecule has 0 radical (unpaired) electrons. The zero-order valence-electron chi connectivity index (χ0n) is 15.4. The Kier molecular flexibility index (Phi) is 5.68. The number of nitrogens with one attached hydrogen (secondary N) is 1. The first-order chi connectivity index (χ1) is 12.5. The average Bonchev–Trinajstić information content (AvgIpc) is 2.88. The summed E-state index contributed by atoms with van der Waals surface area (Å²) in [5.41, 5.74) is 0.968. The monoisotopic (exact) mass is 358 g/mol. The molecule has 7 heteroatoms. The third-order valence-corrected chi connectivity index (χ3v) is 5.07. The first-order valence-electron chi connectivity index (χ1n) is 9.19. The van der Waals surface area contributed by atoms with Crippen LogP contribution in [0, 0.1) is 0 Å². The van der Waals surface area contributed by atoms with Crippen molar-refractivity contribution >= 4 is 17.7 Å². The van der Waals surface area contributed by atoms with Crippen LogP contribution in [0.4, 0.5) is 0 Å². The van der Waals surface area contributed by atoms with E-state index in [2.05, 4.69) is 15.1 Å². The van der Waals surface area contributed by atoms with Crippen molar-refractivity contribution in [3.05, 3.63) is 35.4 Å². The van der Waals surface area contributed by atoms with E-state index in [4.69, 9.17) is 0 Å². The third-order valence-electron chi connectivity index (χ3n) is 5.07. The number of imide groups is 1. The predicted octanol–water partition coefficient (Wildman–Crippen LogP) is 0.772. The molecule has 3 rings (SSSR count). The third kappa shape index (κ3) is 3.94. The van der Waals surface area contributed by atoms with E-state index in [-0.39, 0.29) is 23.8 Å². The van der Waals surface area contributed by atoms with Crippen molar-refractivity contribution in [2.45, 2.75) is 26.3 Å². The van der Waals surface area contributed by atoms with Gasteiger partial charge in [0, 0.05) is 32.2 Å². The lowest BCUT2D eigenvalue weighted by atomic mass is 10.1. The maximum absolute atomic E-state index is 12.4. The van der Waals surface area contributed by atoms with Crippen LogP contribution in [0.3, 0.4) is 0 Å². The van der Waals surface area contributed by atoms with Crippen LogP contribution in [0.2, 0.25) is 0 Å². The van der Waals surface area contributed by atoms with Crippen LogP contribution in [0.25, 0.3) is 0 Å². The van der Waals surface area contributed by atoms with E-state index >= 15 is 0 Å². The van der Waals surface area contributed by atoms with Gasteiger partial charge in [-0.15, -0.1) is 0 Å². The summed E-state index contributed by atoms with van der Waals surface area (Å²) in [5, 5.41) is 2.98. The maximum atomic E-state index is 12.4. The van der Waals surface area contributed by atoms with Gasteiger partial charge in [-0.05, 0) is 25.5 Å². The molecule has 1 atom stereocenters. The molecule has 1 fully saturated rings. The Labute approximate surface area is 153 Å². The topological polar surface area (TPSA) is 73.0 Å². The normalized spacial score (nSPS) is 19.5. The summed E-state index contributed by atoms with van der Waals surface area (Å²) in [6.45, 7) is 7.69. The quantitative estimate of drug-likeness (QED) is 0.761. The van der Waals surface area contributed by atoms with Crippen molar-refractivity contribution in [1.82, 2.24) is 20.0 Å². The number of amides is 3. The summed E-state index contributed by atoms with van der Waals surface area (Å²) in [4.78, 5) is 42.4. The summed E-state index contributed by atoms with van der Waals surface area (Å²) in [5.74, 6) is -0.393. The zero-order valence-corrected chi connectivity index (χ0v) is 15.4. The number of carbonyl (C=O) groups is 3. The van der Waals surface area contributed by atoms with E-state index in [0.29, 0.717) is 24.3 Å². The van der Waals surface area contributed by atoms with Crippen LogP contribution in [-0.4, -0.2) is 77.9 Å². The molecule has 0 saturated carbocycles. The van der Waals surface area contributed by atoms with Gasteiger partial charge in [0.25, 0.3) is 11.8 Å². The van der Waals surface area contributed by atoms with Crippen molar-refractivity contribution in [2.24, 2.45) is 0 Å². The molecule has 1 N–H and O–H groups in total. The minimum absolute atomic E-state index is 0.0492. The molecule has 0 bridgehead atoms. The molecule has 140 valence electrons. The summed E-state index contributed by atoms with van der Waals surface area (Å²) in [6.07, 6.45) is 0.916. The molecule has 0 aliphatic carbocycles. The van der Waals surface area contributed by atoms with Crippen LogP contribution in [0.15, 0.2) is 24.3 Å². The Hall–Kier alpha value is -2.25. The Bertz CT molecular complexity index is 663. The zero-order chi connectivity index (χ0) is 18.7. The minimum atomic E-state index is -0.221. The van der Waals surface area contributed by atoms with Gasteiger partial charge < -0.3 is 5.32 Å². The molecule has 1 aromatic rings. The molecule has 1 aromatic carbocycles. The summed E-state index contributed by atoms with van der Waals surface area (Å²) in [7, 11) is 0. The van der Waals surface area contributed by atoms with Gasteiger partial charge in [-0.3, -0.25) is 29.1 Å². The Morgan fingerprint density at radius 1 is 1.04 bits per heavy atom. The van der Waals surface area contributed by atoms with Crippen molar-refractivity contribution in [3.8, 4) is 0 Å². The molecule has 3 amide bonds. The predicted molar refractivity (Wildman–Crippen MR) is 97.7 cm³/mol. The van der Waals surface area contributed by atoms with Crippen LogP contribution in [0.5, 0.6) is 0 Å². The average molecular weight is 358 g/mol. The van der Waals surface area contributed by atoms with Gasteiger partial charge in [0.15, 0.2) is 0 Å². The first-order valence-corrected chi connectivity index (χ1v) is 9.19. The standard InChI is InChI=1S/C19H26N4O3/c1-3-14(2)20-17(24)12-21-8-10-22(11-9-21)13-23-18(25)15-6-4-5-7-16(15)19(23)26/h4-7,14H,3,8-13H2,1-2H3,(H,20,24)/t14-/m0/s1. The highest BCUT2D eigenvalue weighted by atomic mass is 16.2. The second kappa shape index (κ2) is 7.97. The Morgan fingerprint density at radius 2 is 1.58 bits per heavy atom.